The van der Waals surface area contributed by atoms with Gasteiger partial charge in [-0.3, -0.25) is 9.69 Å². The third-order valence-electron chi connectivity index (χ3n) is 5.28. The molecule has 4 rings (SSSR count). The molecule has 7 nitrogen and oxygen atoms in total. The number of nitrogen functional groups attached to an aromatic ring is 1. The van der Waals surface area contributed by atoms with Crippen molar-refractivity contribution in [3.8, 4) is 5.75 Å². The largest absolute Gasteiger partial charge is 0.494 e. The van der Waals surface area contributed by atoms with Crippen LogP contribution < -0.4 is 10.5 Å². The fourth-order valence-corrected chi connectivity index (χ4v) is 3.63. The highest BCUT2D eigenvalue weighted by atomic mass is 16.5. The number of piperazine rings is 1. The molecule has 156 valence electrons. The van der Waals surface area contributed by atoms with Gasteiger partial charge in [0.15, 0.2) is 0 Å². The van der Waals surface area contributed by atoms with Crippen molar-refractivity contribution in [2.24, 2.45) is 0 Å². The molecule has 1 fully saturated rings. The maximum absolute atomic E-state index is 12.8. The summed E-state index contributed by atoms with van der Waals surface area (Å²) in [7, 11) is 0. The third-order valence-corrected chi connectivity index (χ3v) is 5.28. The molecule has 0 spiro atoms. The number of para-hydroxylation sites is 1. The van der Waals surface area contributed by atoms with Gasteiger partial charge >= 0.3 is 0 Å². The Labute approximate surface area is 176 Å². The summed E-state index contributed by atoms with van der Waals surface area (Å²) in [6, 6.07) is 15.2. The first-order chi connectivity index (χ1) is 14.6. The third kappa shape index (κ3) is 4.52. The molecular weight excluding hydrogens is 378 g/mol. The zero-order valence-corrected chi connectivity index (χ0v) is 17.3. The van der Waals surface area contributed by atoms with Gasteiger partial charge < -0.3 is 15.4 Å². The Balaban J connectivity index is 1.34. The summed E-state index contributed by atoms with van der Waals surface area (Å²) in [6.45, 7) is 6.28. The number of hydrogen-bond acceptors (Lipinski definition) is 6. The van der Waals surface area contributed by atoms with Gasteiger partial charge in [0, 0.05) is 37.1 Å². The lowest BCUT2D eigenvalue weighted by Gasteiger charge is -2.34. The number of nitrogens with two attached hydrogens (primary N) is 1. The average Bonchev–Trinajstić information content (AvgIpc) is 2.78. The van der Waals surface area contributed by atoms with Gasteiger partial charge in [-0.2, -0.15) is 0 Å². The Morgan fingerprint density at radius 1 is 1.03 bits per heavy atom. The van der Waals surface area contributed by atoms with E-state index in [0.29, 0.717) is 43.4 Å². The summed E-state index contributed by atoms with van der Waals surface area (Å²) in [5, 5.41) is 0.878. The summed E-state index contributed by atoms with van der Waals surface area (Å²) in [4.78, 5) is 26.1. The van der Waals surface area contributed by atoms with E-state index in [9.17, 15) is 4.79 Å². The molecule has 0 radical (unpaired) electrons. The van der Waals surface area contributed by atoms with E-state index in [4.69, 9.17) is 10.5 Å². The van der Waals surface area contributed by atoms with Crippen LogP contribution in [0.3, 0.4) is 0 Å². The van der Waals surface area contributed by atoms with E-state index in [1.807, 2.05) is 53.4 Å². The fourth-order valence-electron chi connectivity index (χ4n) is 3.63. The maximum Gasteiger partial charge on any atom is 0.253 e. The SMILES string of the molecule is CCCOc1ccc(C(=O)N2CCN(Cc3nc(N)c4ccccc4n3)CC2)cc1. The van der Waals surface area contributed by atoms with Gasteiger partial charge in [0.05, 0.1) is 18.7 Å². The normalized spacial score (nSPS) is 14.8. The number of rotatable bonds is 6. The van der Waals surface area contributed by atoms with Gasteiger partial charge in [-0.05, 0) is 42.8 Å². The standard InChI is InChI=1S/C23H27N5O2/c1-2-15-30-18-9-7-17(8-10-18)23(29)28-13-11-27(12-14-28)16-21-25-20-6-4-3-5-19(20)22(24)26-21/h3-10H,2,11-16H2,1H3,(H2,24,25,26). The molecule has 1 aliphatic heterocycles. The molecule has 0 atom stereocenters. The molecular formula is C23H27N5O2. The number of amides is 1. The van der Waals surface area contributed by atoms with Gasteiger partial charge in [0.1, 0.15) is 17.4 Å². The van der Waals surface area contributed by atoms with Crippen molar-refractivity contribution in [1.82, 2.24) is 19.8 Å². The van der Waals surface area contributed by atoms with E-state index in [-0.39, 0.29) is 5.91 Å². The van der Waals surface area contributed by atoms with Crippen LogP contribution in [0.5, 0.6) is 5.75 Å². The summed E-state index contributed by atoms with van der Waals surface area (Å²) in [6.07, 6.45) is 0.960. The van der Waals surface area contributed by atoms with Gasteiger partial charge in [-0.1, -0.05) is 19.1 Å². The van der Waals surface area contributed by atoms with Crippen LogP contribution in [0.15, 0.2) is 48.5 Å². The van der Waals surface area contributed by atoms with E-state index in [1.165, 1.54) is 0 Å². The highest BCUT2D eigenvalue weighted by molar-refractivity contribution is 5.94. The Morgan fingerprint density at radius 2 is 1.77 bits per heavy atom. The predicted molar refractivity (Wildman–Crippen MR) is 117 cm³/mol. The Morgan fingerprint density at radius 3 is 2.50 bits per heavy atom. The van der Waals surface area contributed by atoms with Crippen LogP contribution in [0, 0.1) is 0 Å². The van der Waals surface area contributed by atoms with Crippen molar-refractivity contribution in [3.63, 3.8) is 0 Å². The Bertz CT molecular complexity index is 1010. The molecule has 2 heterocycles. The lowest BCUT2D eigenvalue weighted by molar-refractivity contribution is 0.0625. The number of carbonyl (C=O) groups is 1. The molecule has 0 saturated carbocycles. The quantitative estimate of drug-likeness (QED) is 0.679. The molecule has 2 N–H and O–H groups in total. The lowest BCUT2D eigenvalue weighted by atomic mass is 10.1. The summed E-state index contributed by atoms with van der Waals surface area (Å²) >= 11 is 0. The number of nitrogens with zero attached hydrogens (tertiary/aromatic N) is 4. The molecule has 7 heteroatoms. The first kappa shape index (κ1) is 20.1. The van der Waals surface area contributed by atoms with E-state index in [2.05, 4.69) is 21.8 Å². The fraction of sp³-hybridized carbons (Fsp3) is 0.348. The van der Waals surface area contributed by atoms with Gasteiger partial charge in [0.2, 0.25) is 0 Å². The van der Waals surface area contributed by atoms with Crippen molar-refractivity contribution >= 4 is 22.6 Å². The van der Waals surface area contributed by atoms with Crippen molar-refractivity contribution in [2.45, 2.75) is 19.9 Å². The highest BCUT2D eigenvalue weighted by Crippen LogP contribution is 2.19. The molecule has 1 saturated heterocycles. The number of ether oxygens (including phenoxy) is 1. The maximum atomic E-state index is 12.8. The van der Waals surface area contributed by atoms with Crippen LogP contribution in [-0.2, 0) is 6.54 Å². The van der Waals surface area contributed by atoms with E-state index in [1.54, 1.807) is 0 Å². The summed E-state index contributed by atoms with van der Waals surface area (Å²) in [5.41, 5.74) is 7.65. The van der Waals surface area contributed by atoms with E-state index >= 15 is 0 Å². The minimum absolute atomic E-state index is 0.0582. The summed E-state index contributed by atoms with van der Waals surface area (Å²) < 4.78 is 5.59. The van der Waals surface area contributed by atoms with Crippen LogP contribution in [0.1, 0.15) is 29.5 Å². The molecule has 3 aromatic rings. The second-order valence-corrected chi connectivity index (χ2v) is 7.48. The van der Waals surface area contributed by atoms with Crippen LogP contribution in [0.25, 0.3) is 10.9 Å². The van der Waals surface area contributed by atoms with E-state index < -0.39 is 0 Å². The van der Waals surface area contributed by atoms with Crippen LogP contribution in [-0.4, -0.2) is 58.5 Å². The number of anilines is 1. The zero-order valence-electron chi connectivity index (χ0n) is 17.3. The van der Waals surface area contributed by atoms with Crippen molar-refractivity contribution in [3.05, 3.63) is 59.9 Å². The molecule has 1 amide bonds. The number of carbonyl (C=O) groups excluding carboxylic acids is 1. The second kappa shape index (κ2) is 9.09. The molecule has 0 bridgehead atoms. The van der Waals surface area contributed by atoms with Gasteiger partial charge in [0.25, 0.3) is 5.91 Å². The van der Waals surface area contributed by atoms with Crippen LogP contribution >= 0.6 is 0 Å². The minimum atomic E-state index is 0.0582. The Hall–Kier alpha value is -3.19. The van der Waals surface area contributed by atoms with Crippen LogP contribution in [0.4, 0.5) is 5.82 Å². The molecule has 30 heavy (non-hydrogen) atoms. The molecule has 0 unspecified atom stereocenters. The monoisotopic (exact) mass is 405 g/mol. The number of hydrogen-bond donors (Lipinski definition) is 1. The molecule has 0 aliphatic carbocycles. The van der Waals surface area contributed by atoms with Crippen molar-refractivity contribution < 1.29 is 9.53 Å². The predicted octanol–water partition coefficient (Wildman–Crippen LogP) is 2.96. The first-order valence-corrected chi connectivity index (χ1v) is 10.4. The summed E-state index contributed by atoms with van der Waals surface area (Å²) in [5.74, 6) is 2.08. The van der Waals surface area contributed by atoms with Crippen molar-refractivity contribution in [1.29, 1.82) is 0 Å². The Kier molecular flexibility index (Phi) is 6.09. The number of fused-ring (bicyclic) bond motifs is 1. The smallest absolute Gasteiger partial charge is 0.253 e. The van der Waals surface area contributed by atoms with Crippen LogP contribution in [0.2, 0.25) is 0 Å². The molecule has 1 aliphatic rings. The number of aromatic nitrogens is 2. The molecule has 2 aromatic carbocycles. The zero-order chi connectivity index (χ0) is 20.9. The topological polar surface area (TPSA) is 84.6 Å². The van der Waals surface area contributed by atoms with Gasteiger partial charge in [-0.15, -0.1) is 0 Å². The number of benzene rings is 2. The first-order valence-electron chi connectivity index (χ1n) is 10.4. The van der Waals surface area contributed by atoms with E-state index in [0.717, 1.165) is 36.2 Å². The lowest BCUT2D eigenvalue weighted by Crippen LogP contribution is -2.48. The molecule has 1 aromatic heterocycles. The highest BCUT2D eigenvalue weighted by Gasteiger charge is 2.23. The minimum Gasteiger partial charge on any atom is -0.494 e. The average molecular weight is 406 g/mol. The van der Waals surface area contributed by atoms with Crippen molar-refractivity contribution in [2.75, 3.05) is 38.5 Å². The second-order valence-electron chi connectivity index (χ2n) is 7.48. The van der Waals surface area contributed by atoms with Gasteiger partial charge in [-0.25, -0.2) is 9.97 Å².